The number of hydrogen-bond donors (Lipinski definition) is 0. The van der Waals surface area contributed by atoms with Crippen molar-refractivity contribution in [2.24, 2.45) is 17.8 Å². The van der Waals surface area contributed by atoms with E-state index >= 15 is 0 Å². The third-order valence-electron chi connectivity index (χ3n) is 12.8. The third-order valence-corrected chi connectivity index (χ3v) is 12.8. The second-order valence-electron chi connectivity index (χ2n) is 20.1. The van der Waals surface area contributed by atoms with E-state index in [0.29, 0.717) is 19.3 Å². The van der Waals surface area contributed by atoms with Crippen molar-refractivity contribution >= 4 is 17.9 Å². The molecule has 0 saturated heterocycles. The Kier molecular flexibility index (Phi) is 45.2. The highest BCUT2D eigenvalue weighted by molar-refractivity contribution is 5.71. The van der Waals surface area contributed by atoms with Gasteiger partial charge >= 0.3 is 17.9 Å². The summed E-state index contributed by atoms with van der Waals surface area (Å²) in [7, 11) is 0. The van der Waals surface area contributed by atoms with Crippen LogP contribution in [0.25, 0.3) is 0 Å². The van der Waals surface area contributed by atoms with Gasteiger partial charge in [0.2, 0.25) is 0 Å². The van der Waals surface area contributed by atoms with Gasteiger partial charge in [0, 0.05) is 19.3 Å². The molecule has 0 aromatic rings. The Labute approximate surface area is 380 Å². The summed E-state index contributed by atoms with van der Waals surface area (Å²) in [6, 6.07) is 0. The van der Waals surface area contributed by atoms with Crippen LogP contribution >= 0.6 is 0 Å². The molecule has 0 aromatic heterocycles. The normalized spacial score (nSPS) is 12.6. The molecule has 0 aliphatic heterocycles. The molecule has 0 heterocycles. The van der Waals surface area contributed by atoms with Gasteiger partial charge in [-0.15, -0.1) is 0 Å². The maximum atomic E-state index is 12.8. The first-order chi connectivity index (χ1) is 29.6. The van der Waals surface area contributed by atoms with E-state index in [1.165, 1.54) is 180 Å². The molecule has 0 amide bonds. The summed E-state index contributed by atoms with van der Waals surface area (Å²) >= 11 is 0. The number of carbonyl (C=O) groups is 3. The van der Waals surface area contributed by atoms with Crippen LogP contribution in [0.2, 0.25) is 0 Å². The summed E-state index contributed by atoms with van der Waals surface area (Å²) in [5, 5.41) is 0. The molecule has 0 bridgehead atoms. The van der Waals surface area contributed by atoms with Crippen LogP contribution in [0.15, 0.2) is 0 Å². The molecule has 0 N–H and O–H groups in total. The van der Waals surface area contributed by atoms with Crippen molar-refractivity contribution in [3.8, 4) is 0 Å². The first kappa shape index (κ1) is 59.4. The van der Waals surface area contributed by atoms with E-state index in [4.69, 9.17) is 14.2 Å². The highest BCUT2D eigenvalue weighted by Crippen LogP contribution is 2.18. The molecule has 61 heavy (non-hydrogen) atoms. The lowest BCUT2D eigenvalue weighted by atomic mass is 10.00. The number of unbranched alkanes of at least 4 members (excludes halogenated alkanes) is 30. The molecule has 0 aliphatic rings. The van der Waals surface area contributed by atoms with Gasteiger partial charge in [0.15, 0.2) is 6.10 Å². The summed E-state index contributed by atoms with van der Waals surface area (Å²) < 4.78 is 16.8. The van der Waals surface area contributed by atoms with E-state index in [1.54, 1.807) is 0 Å². The maximum Gasteiger partial charge on any atom is 0.306 e. The lowest BCUT2D eigenvalue weighted by Gasteiger charge is -2.18. The zero-order chi connectivity index (χ0) is 44.9. The molecule has 6 heteroatoms. The minimum atomic E-state index is -0.763. The standard InChI is InChI=1S/C55H106O6/c1-7-51(6)43-37-31-27-28-33-39-45-54(57)60-48-52(47-59-53(56)44-38-32-25-21-17-14-13-16-20-24-30-36-42-50(4)5)61-55(58)46-40-34-26-22-18-12-10-8-9-11-15-19-23-29-35-41-49(2)3/h49-52H,7-48H2,1-6H3/t51?,52-/m0/s1. The van der Waals surface area contributed by atoms with Crippen molar-refractivity contribution in [3.05, 3.63) is 0 Å². The maximum absolute atomic E-state index is 12.8. The number of carbonyl (C=O) groups excluding carboxylic acids is 3. The molecule has 0 aromatic carbocycles. The van der Waals surface area contributed by atoms with E-state index in [2.05, 4.69) is 41.5 Å². The average molecular weight is 863 g/mol. The van der Waals surface area contributed by atoms with Crippen molar-refractivity contribution in [2.45, 2.75) is 304 Å². The molecular formula is C55H106O6. The molecule has 362 valence electrons. The fourth-order valence-electron chi connectivity index (χ4n) is 8.26. The zero-order valence-corrected chi connectivity index (χ0v) is 42.0. The topological polar surface area (TPSA) is 78.9 Å². The van der Waals surface area contributed by atoms with Crippen LogP contribution in [-0.4, -0.2) is 37.2 Å². The summed E-state index contributed by atoms with van der Waals surface area (Å²) in [6.45, 7) is 13.7. The predicted molar refractivity (Wildman–Crippen MR) is 261 cm³/mol. The molecule has 0 spiro atoms. The number of esters is 3. The summed E-state index contributed by atoms with van der Waals surface area (Å²) in [6.07, 6.45) is 46.7. The Hall–Kier alpha value is -1.59. The van der Waals surface area contributed by atoms with E-state index in [1.807, 2.05) is 0 Å². The Morgan fingerprint density at radius 1 is 0.328 bits per heavy atom. The van der Waals surface area contributed by atoms with Crippen LogP contribution in [0.4, 0.5) is 0 Å². The summed E-state index contributed by atoms with van der Waals surface area (Å²) in [5.74, 6) is 1.64. The highest BCUT2D eigenvalue weighted by Gasteiger charge is 2.19. The molecule has 0 radical (unpaired) electrons. The van der Waals surface area contributed by atoms with Crippen LogP contribution in [0.1, 0.15) is 298 Å². The van der Waals surface area contributed by atoms with Gasteiger partial charge in [0.05, 0.1) is 0 Å². The van der Waals surface area contributed by atoms with E-state index < -0.39 is 6.10 Å². The average Bonchev–Trinajstić information content (AvgIpc) is 3.23. The smallest absolute Gasteiger partial charge is 0.306 e. The Morgan fingerprint density at radius 3 is 0.852 bits per heavy atom. The first-order valence-corrected chi connectivity index (χ1v) is 27.1. The molecule has 0 fully saturated rings. The van der Waals surface area contributed by atoms with Gasteiger partial charge in [-0.1, -0.05) is 260 Å². The van der Waals surface area contributed by atoms with Crippen LogP contribution < -0.4 is 0 Å². The highest BCUT2D eigenvalue weighted by atomic mass is 16.6. The van der Waals surface area contributed by atoms with Crippen molar-refractivity contribution in [3.63, 3.8) is 0 Å². The number of rotatable bonds is 48. The first-order valence-electron chi connectivity index (χ1n) is 27.1. The van der Waals surface area contributed by atoms with Crippen LogP contribution in [0.5, 0.6) is 0 Å². The van der Waals surface area contributed by atoms with Crippen molar-refractivity contribution in [1.29, 1.82) is 0 Å². The molecule has 0 rings (SSSR count). The SMILES string of the molecule is CCC(C)CCCCCCCCC(=O)OC[C@H](COC(=O)CCCCCCCCCCCCCCC(C)C)OC(=O)CCCCCCCCCCCCCCCCCC(C)C. The quantitative estimate of drug-likeness (QED) is 0.0344. The van der Waals surface area contributed by atoms with Gasteiger partial charge in [-0.25, -0.2) is 0 Å². The zero-order valence-electron chi connectivity index (χ0n) is 42.0. The van der Waals surface area contributed by atoms with Gasteiger partial charge < -0.3 is 14.2 Å². The largest absolute Gasteiger partial charge is 0.462 e. The lowest BCUT2D eigenvalue weighted by Crippen LogP contribution is -2.30. The van der Waals surface area contributed by atoms with E-state index in [-0.39, 0.29) is 31.1 Å². The van der Waals surface area contributed by atoms with Crippen molar-refractivity contribution in [1.82, 2.24) is 0 Å². The molecule has 1 unspecified atom stereocenters. The number of ether oxygens (including phenoxy) is 3. The van der Waals surface area contributed by atoms with Crippen molar-refractivity contribution < 1.29 is 28.6 Å². The van der Waals surface area contributed by atoms with Gasteiger partial charge in [0.25, 0.3) is 0 Å². The monoisotopic (exact) mass is 863 g/mol. The Morgan fingerprint density at radius 2 is 0.574 bits per heavy atom. The second-order valence-corrected chi connectivity index (χ2v) is 20.1. The lowest BCUT2D eigenvalue weighted by molar-refractivity contribution is -0.167. The fraction of sp³-hybridized carbons (Fsp3) is 0.945. The van der Waals surface area contributed by atoms with Gasteiger partial charge in [-0.3, -0.25) is 14.4 Å². The molecular weight excluding hydrogens is 757 g/mol. The van der Waals surface area contributed by atoms with Gasteiger partial charge in [-0.2, -0.15) is 0 Å². The van der Waals surface area contributed by atoms with Gasteiger partial charge in [0.1, 0.15) is 13.2 Å². The second kappa shape index (κ2) is 46.4. The number of hydrogen-bond acceptors (Lipinski definition) is 6. The van der Waals surface area contributed by atoms with Crippen molar-refractivity contribution in [2.75, 3.05) is 13.2 Å². The van der Waals surface area contributed by atoms with Gasteiger partial charge in [-0.05, 0) is 37.0 Å². The molecule has 0 saturated carbocycles. The summed E-state index contributed by atoms with van der Waals surface area (Å²) in [4.78, 5) is 38.0. The van der Waals surface area contributed by atoms with Crippen LogP contribution in [0, 0.1) is 17.8 Å². The third kappa shape index (κ3) is 47.7. The molecule has 2 atom stereocenters. The Bertz CT molecular complexity index is 947. The molecule has 0 aliphatic carbocycles. The van der Waals surface area contributed by atoms with Crippen LogP contribution in [-0.2, 0) is 28.6 Å². The summed E-state index contributed by atoms with van der Waals surface area (Å²) in [5.41, 5.74) is 0. The van der Waals surface area contributed by atoms with E-state index in [0.717, 1.165) is 75.5 Å². The predicted octanol–water partition coefficient (Wildman–Crippen LogP) is 17.6. The minimum absolute atomic E-state index is 0.0648. The Balaban J connectivity index is 4.28. The molecule has 6 nitrogen and oxygen atoms in total. The minimum Gasteiger partial charge on any atom is -0.462 e. The fourth-order valence-corrected chi connectivity index (χ4v) is 8.26. The van der Waals surface area contributed by atoms with E-state index in [9.17, 15) is 14.4 Å². The van der Waals surface area contributed by atoms with Crippen LogP contribution in [0.3, 0.4) is 0 Å².